The van der Waals surface area contributed by atoms with Gasteiger partial charge in [-0.15, -0.1) is 6.58 Å². The van der Waals surface area contributed by atoms with Crippen LogP contribution in [0.5, 0.6) is 5.75 Å². The van der Waals surface area contributed by atoms with E-state index in [1.54, 1.807) is 6.08 Å². The van der Waals surface area contributed by atoms with Crippen LogP contribution in [0.25, 0.3) is 0 Å². The maximum atomic E-state index is 13.1. The van der Waals surface area contributed by atoms with Crippen molar-refractivity contribution in [2.45, 2.75) is 12.5 Å². The van der Waals surface area contributed by atoms with Crippen molar-refractivity contribution in [2.24, 2.45) is 5.73 Å². The fraction of sp³-hybridized carbons (Fsp3) is 0.200. The van der Waals surface area contributed by atoms with Gasteiger partial charge in [-0.3, -0.25) is 0 Å². The molecule has 0 heterocycles. The number of aromatic hydroxyl groups is 1. The first-order valence-corrected chi connectivity index (χ1v) is 4.00. The maximum Gasteiger partial charge on any atom is 0.128 e. The molecule has 0 saturated carbocycles. The van der Waals surface area contributed by atoms with Gasteiger partial charge in [0.2, 0.25) is 0 Å². The van der Waals surface area contributed by atoms with Crippen molar-refractivity contribution in [2.75, 3.05) is 0 Å². The third kappa shape index (κ3) is 2.29. The molecule has 0 fully saturated rings. The van der Waals surface area contributed by atoms with Crippen LogP contribution >= 0.6 is 0 Å². The summed E-state index contributed by atoms with van der Waals surface area (Å²) in [6.07, 6.45) is 2.11. The van der Waals surface area contributed by atoms with Crippen molar-refractivity contribution in [3.63, 3.8) is 0 Å². The van der Waals surface area contributed by atoms with Crippen LogP contribution in [0.15, 0.2) is 30.9 Å². The highest BCUT2D eigenvalue weighted by Crippen LogP contribution is 2.22. The van der Waals surface area contributed by atoms with Gasteiger partial charge in [-0.2, -0.15) is 0 Å². The zero-order valence-electron chi connectivity index (χ0n) is 7.20. The zero-order chi connectivity index (χ0) is 9.84. The summed E-state index contributed by atoms with van der Waals surface area (Å²) in [5, 5.41) is 9.11. The second-order valence-electron chi connectivity index (χ2n) is 2.84. The van der Waals surface area contributed by atoms with Crippen molar-refractivity contribution >= 4 is 0 Å². The first kappa shape index (κ1) is 9.74. The molecule has 0 aliphatic heterocycles. The lowest BCUT2D eigenvalue weighted by Crippen LogP contribution is -2.10. The quantitative estimate of drug-likeness (QED) is 0.701. The van der Waals surface area contributed by atoms with E-state index in [4.69, 9.17) is 10.8 Å². The molecule has 0 spiro atoms. The smallest absolute Gasteiger partial charge is 0.128 e. The van der Waals surface area contributed by atoms with Crippen molar-refractivity contribution in [3.05, 3.63) is 42.2 Å². The van der Waals surface area contributed by atoms with Gasteiger partial charge in [0.05, 0.1) is 0 Å². The highest BCUT2D eigenvalue weighted by atomic mass is 19.1. The molecule has 0 unspecified atom stereocenters. The van der Waals surface area contributed by atoms with Crippen LogP contribution in [0.2, 0.25) is 0 Å². The Labute approximate surface area is 76.5 Å². The molecule has 0 bridgehead atoms. The third-order valence-corrected chi connectivity index (χ3v) is 1.80. The lowest BCUT2D eigenvalue weighted by Gasteiger charge is -2.10. The van der Waals surface area contributed by atoms with E-state index in [1.165, 1.54) is 18.2 Å². The van der Waals surface area contributed by atoms with Gasteiger partial charge < -0.3 is 10.8 Å². The standard InChI is InChI=1S/C10H12FNO/c1-2-3-10(12)8-6-7(13)4-5-9(8)11/h2,4-6,10,13H,1,3,12H2/t10-/m1/s1. The number of hydrogen-bond acceptors (Lipinski definition) is 2. The summed E-state index contributed by atoms with van der Waals surface area (Å²) in [5.41, 5.74) is 5.97. The molecule has 1 rings (SSSR count). The molecular formula is C10H12FNO. The highest BCUT2D eigenvalue weighted by Gasteiger charge is 2.10. The molecule has 1 atom stereocenters. The summed E-state index contributed by atoms with van der Waals surface area (Å²) in [6, 6.07) is 3.39. The number of rotatable bonds is 3. The van der Waals surface area contributed by atoms with E-state index in [9.17, 15) is 4.39 Å². The fourth-order valence-electron chi connectivity index (χ4n) is 1.12. The average molecular weight is 181 g/mol. The first-order valence-electron chi connectivity index (χ1n) is 4.00. The van der Waals surface area contributed by atoms with Crippen molar-refractivity contribution in [3.8, 4) is 5.75 Å². The lowest BCUT2D eigenvalue weighted by molar-refractivity contribution is 0.469. The minimum Gasteiger partial charge on any atom is -0.508 e. The van der Waals surface area contributed by atoms with Gasteiger partial charge in [0, 0.05) is 11.6 Å². The molecular weight excluding hydrogens is 169 g/mol. The zero-order valence-corrected chi connectivity index (χ0v) is 7.20. The number of phenols is 1. The van der Waals surface area contributed by atoms with Gasteiger partial charge in [0.25, 0.3) is 0 Å². The van der Waals surface area contributed by atoms with E-state index in [0.29, 0.717) is 12.0 Å². The third-order valence-electron chi connectivity index (χ3n) is 1.80. The Kier molecular flexibility index (Phi) is 3.03. The van der Waals surface area contributed by atoms with Gasteiger partial charge in [-0.05, 0) is 24.6 Å². The molecule has 0 aliphatic rings. The van der Waals surface area contributed by atoms with Crippen molar-refractivity contribution in [1.29, 1.82) is 0 Å². The van der Waals surface area contributed by atoms with Gasteiger partial charge in [-0.25, -0.2) is 4.39 Å². The molecule has 1 aromatic carbocycles. The minimum atomic E-state index is -0.440. The largest absolute Gasteiger partial charge is 0.508 e. The number of nitrogens with two attached hydrogens (primary N) is 1. The number of phenolic OH excluding ortho intramolecular Hbond substituents is 1. The van der Waals surface area contributed by atoms with Gasteiger partial charge in [0.15, 0.2) is 0 Å². The molecule has 3 N–H and O–H groups in total. The monoisotopic (exact) mass is 181 g/mol. The minimum absolute atomic E-state index is 0.0240. The Morgan fingerprint density at radius 3 is 2.92 bits per heavy atom. The van der Waals surface area contributed by atoms with Crippen LogP contribution in [0.3, 0.4) is 0 Å². The summed E-state index contributed by atoms with van der Waals surface area (Å²) >= 11 is 0. The Bertz CT molecular complexity index is 312. The second-order valence-corrected chi connectivity index (χ2v) is 2.84. The summed E-state index contributed by atoms with van der Waals surface area (Å²) in [5.74, 6) is -0.372. The number of benzene rings is 1. The fourth-order valence-corrected chi connectivity index (χ4v) is 1.12. The highest BCUT2D eigenvalue weighted by molar-refractivity contribution is 5.30. The van der Waals surface area contributed by atoms with Gasteiger partial charge in [-0.1, -0.05) is 6.08 Å². The maximum absolute atomic E-state index is 13.1. The molecule has 3 heteroatoms. The molecule has 0 saturated heterocycles. The summed E-state index contributed by atoms with van der Waals surface area (Å²) in [7, 11) is 0. The van der Waals surface area contributed by atoms with Crippen molar-refractivity contribution in [1.82, 2.24) is 0 Å². The SMILES string of the molecule is C=CC[C@@H](N)c1cc(O)ccc1F. The van der Waals surface area contributed by atoms with Crippen LogP contribution in [0, 0.1) is 5.82 Å². The van der Waals surface area contributed by atoms with E-state index in [0.717, 1.165) is 0 Å². The van der Waals surface area contributed by atoms with Gasteiger partial charge >= 0.3 is 0 Å². The van der Waals surface area contributed by atoms with E-state index < -0.39 is 11.9 Å². The second kappa shape index (κ2) is 4.05. The molecule has 0 radical (unpaired) electrons. The molecule has 0 aromatic heterocycles. The predicted octanol–water partition coefficient (Wildman–Crippen LogP) is 2.11. The Balaban J connectivity index is 2.97. The van der Waals surface area contributed by atoms with Crippen LogP contribution in [-0.2, 0) is 0 Å². The van der Waals surface area contributed by atoms with E-state index >= 15 is 0 Å². The summed E-state index contributed by atoms with van der Waals surface area (Å²) in [6.45, 7) is 3.51. The Hall–Kier alpha value is -1.35. The summed E-state index contributed by atoms with van der Waals surface area (Å²) < 4.78 is 13.1. The normalized spacial score (nSPS) is 12.5. The van der Waals surface area contributed by atoms with Crippen molar-refractivity contribution < 1.29 is 9.50 Å². The van der Waals surface area contributed by atoms with E-state index in [-0.39, 0.29) is 5.75 Å². The number of halogens is 1. The first-order chi connectivity index (χ1) is 6.15. The predicted molar refractivity (Wildman–Crippen MR) is 49.8 cm³/mol. The van der Waals surface area contributed by atoms with Crippen LogP contribution in [0.1, 0.15) is 18.0 Å². The van der Waals surface area contributed by atoms with Crippen LogP contribution < -0.4 is 5.73 Å². The molecule has 70 valence electrons. The molecule has 0 amide bonds. The number of hydrogen-bond donors (Lipinski definition) is 2. The average Bonchev–Trinajstić information content (AvgIpc) is 2.09. The van der Waals surface area contributed by atoms with Crippen LogP contribution in [0.4, 0.5) is 4.39 Å². The summed E-state index contributed by atoms with van der Waals surface area (Å²) in [4.78, 5) is 0. The lowest BCUT2D eigenvalue weighted by atomic mass is 10.0. The van der Waals surface area contributed by atoms with E-state index in [2.05, 4.69) is 6.58 Å². The van der Waals surface area contributed by atoms with E-state index in [1.807, 2.05) is 0 Å². The van der Waals surface area contributed by atoms with Crippen LogP contribution in [-0.4, -0.2) is 5.11 Å². The Morgan fingerprint density at radius 1 is 1.62 bits per heavy atom. The Morgan fingerprint density at radius 2 is 2.31 bits per heavy atom. The molecule has 13 heavy (non-hydrogen) atoms. The molecule has 1 aromatic rings. The topological polar surface area (TPSA) is 46.2 Å². The van der Waals surface area contributed by atoms with Gasteiger partial charge in [0.1, 0.15) is 11.6 Å². The molecule has 0 aliphatic carbocycles. The molecule has 2 nitrogen and oxygen atoms in total.